The number of epoxide rings is 1. The van der Waals surface area contributed by atoms with Crippen molar-refractivity contribution in [3.05, 3.63) is 0 Å². The van der Waals surface area contributed by atoms with Gasteiger partial charge in [-0.1, -0.05) is 0 Å². The van der Waals surface area contributed by atoms with Crippen LogP contribution < -0.4 is 5.32 Å². The van der Waals surface area contributed by atoms with E-state index < -0.39 is 78.6 Å². The molecule has 1 amide bonds. The molecule has 0 aliphatic carbocycles. The van der Waals surface area contributed by atoms with Crippen molar-refractivity contribution >= 4 is 24.0 Å². The number of ether oxygens (including phenoxy) is 6. The topological polar surface area (TPSA) is 179 Å². The normalized spacial score (nSPS) is 30.8. The number of hydrogen-bond acceptors (Lipinski definition) is 12. The zero-order valence-corrected chi connectivity index (χ0v) is 18.6. The Morgan fingerprint density at radius 3 is 2.22 bits per heavy atom. The predicted octanol–water partition coefficient (Wildman–Crippen LogP) is -1.24. The van der Waals surface area contributed by atoms with E-state index in [4.69, 9.17) is 28.4 Å². The summed E-state index contributed by atoms with van der Waals surface area (Å²) < 4.78 is 31.5. The first-order valence-electron chi connectivity index (χ1n) is 9.82. The monoisotopic (exact) mass is 463 g/mol. The molecule has 13 nitrogen and oxygen atoms in total. The molecule has 0 saturated carbocycles. The first-order chi connectivity index (χ1) is 14.8. The predicted molar refractivity (Wildman–Crippen MR) is 102 cm³/mol. The van der Waals surface area contributed by atoms with E-state index in [0.29, 0.717) is 0 Å². The third-order valence-corrected chi connectivity index (χ3v) is 4.58. The Morgan fingerprint density at radius 1 is 1.12 bits per heavy atom. The molecule has 1 unspecified atom stereocenters. The van der Waals surface area contributed by atoms with Crippen LogP contribution >= 0.6 is 0 Å². The quantitative estimate of drug-likeness (QED) is 0.233. The molecular formula is C19H29NO12. The summed E-state index contributed by atoms with van der Waals surface area (Å²) in [6.45, 7) is 6.15. The number of alkyl carbamates (subject to hydrolysis) is 1. The number of nitrogens with one attached hydrogen (secondary N) is 1. The minimum Gasteiger partial charge on any atom is -0.465 e. The summed E-state index contributed by atoms with van der Waals surface area (Å²) in [6, 6.07) is -1.32. The van der Waals surface area contributed by atoms with Gasteiger partial charge in [-0.2, -0.15) is 0 Å². The van der Waals surface area contributed by atoms with Crippen LogP contribution in [0, 0.1) is 0 Å². The van der Waals surface area contributed by atoms with Gasteiger partial charge < -0.3 is 44.0 Å². The number of esters is 3. The molecule has 2 saturated heterocycles. The third kappa shape index (κ3) is 5.65. The van der Waals surface area contributed by atoms with Crippen LogP contribution in [0.1, 0.15) is 34.6 Å². The van der Waals surface area contributed by atoms with E-state index in [1.54, 1.807) is 20.8 Å². The fourth-order valence-electron chi connectivity index (χ4n) is 3.40. The standard InChI is InChI=1S/C19H29NO12/c1-8(22)28-12(10(24)7-21)13-11(20-17(26)32-18(3,4)5)14(29-9(2)23)15-19(30-13,31-15)16(25)27-6/h10-15,21,24H,7H2,1-6H3,(H,20,26)/t10-,11+,12-,13?,14-,15+,19-/m1/s1. The molecule has 32 heavy (non-hydrogen) atoms. The van der Waals surface area contributed by atoms with Gasteiger partial charge in [0.1, 0.15) is 23.9 Å². The molecule has 2 aliphatic heterocycles. The van der Waals surface area contributed by atoms with Gasteiger partial charge in [-0.15, -0.1) is 0 Å². The van der Waals surface area contributed by atoms with Crippen molar-refractivity contribution in [2.45, 2.75) is 82.6 Å². The fourth-order valence-corrected chi connectivity index (χ4v) is 3.40. The van der Waals surface area contributed by atoms with Crippen LogP contribution in [0.15, 0.2) is 0 Å². The molecule has 2 rings (SSSR count). The van der Waals surface area contributed by atoms with Crippen molar-refractivity contribution in [1.82, 2.24) is 5.32 Å². The van der Waals surface area contributed by atoms with Crippen LogP contribution in [-0.2, 0) is 42.8 Å². The second-order valence-electron chi connectivity index (χ2n) is 8.35. The Balaban J connectivity index is 2.50. The number of hydrogen-bond donors (Lipinski definition) is 3. The highest BCUT2D eigenvalue weighted by Crippen LogP contribution is 2.49. The number of fused-ring (bicyclic) bond motifs is 1. The zero-order chi connectivity index (χ0) is 24.4. The molecule has 3 N–H and O–H groups in total. The summed E-state index contributed by atoms with van der Waals surface area (Å²) in [7, 11) is 1.08. The van der Waals surface area contributed by atoms with Crippen molar-refractivity contribution in [2.75, 3.05) is 13.7 Å². The maximum Gasteiger partial charge on any atom is 0.408 e. The molecule has 7 atom stereocenters. The number of aliphatic hydroxyl groups excluding tert-OH is 2. The molecular weight excluding hydrogens is 434 g/mol. The molecule has 0 spiro atoms. The third-order valence-electron chi connectivity index (χ3n) is 4.58. The Labute approximate surface area is 184 Å². The van der Waals surface area contributed by atoms with E-state index in [0.717, 1.165) is 21.0 Å². The van der Waals surface area contributed by atoms with Crippen molar-refractivity contribution in [2.24, 2.45) is 0 Å². The largest absolute Gasteiger partial charge is 0.465 e. The van der Waals surface area contributed by atoms with Crippen LogP contribution in [0.2, 0.25) is 0 Å². The van der Waals surface area contributed by atoms with Gasteiger partial charge in [-0.05, 0) is 20.8 Å². The lowest BCUT2D eigenvalue weighted by Gasteiger charge is -2.41. The lowest BCUT2D eigenvalue weighted by molar-refractivity contribution is -0.218. The van der Waals surface area contributed by atoms with Crippen molar-refractivity contribution in [3.8, 4) is 0 Å². The van der Waals surface area contributed by atoms with E-state index in [2.05, 4.69) is 5.32 Å². The summed E-state index contributed by atoms with van der Waals surface area (Å²) in [4.78, 5) is 48.3. The number of carbonyl (C=O) groups is 4. The van der Waals surface area contributed by atoms with Crippen LogP contribution in [0.5, 0.6) is 0 Å². The van der Waals surface area contributed by atoms with Crippen molar-refractivity contribution in [1.29, 1.82) is 0 Å². The van der Waals surface area contributed by atoms with Gasteiger partial charge in [0.05, 0.1) is 13.7 Å². The van der Waals surface area contributed by atoms with E-state index in [9.17, 15) is 29.4 Å². The molecule has 0 aromatic rings. The highest BCUT2D eigenvalue weighted by Gasteiger charge is 2.76. The van der Waals surface area contributed by atoms with Gasteiger partial charge in [-0.3, -0.25) is 9.59 Å². The van der Waals surface area contributed by atoms with Crippen molar-refractivity contribution in [3.63, 3.8) is 0 Å². The van der Waals surface area contributed by atoms with Crippen LogP contribution in [0.3, 0.4) is 0 Å². The minimum absolute atomic E-state index is 0.771. The number of methoxy groups -OCH3 is 1. The van der Waals surface area contributed by atoms with E-state index in [1.165, 1.54) is 0 Å². The Morgan fingerprint density at radius 2 is 1.75 bits per heavy atom. The number of aliphatic hydroxyl groups is 2. The van der Waals surface area contributed by atoms with E-state index >= 15 is 0 Å². The van der Waals surface area contributed by atoms with Crippen LogP contribution in [-0.4, -0.2) is 95.9 Å². The number of amides is 1. The number of carbonyl (C=O) groups excluding carboxylic acids is 4. The highest BCUT2D eigenvalue weighted by molar-refractivity contribution is 5.82. The summed E-state index contributed by atoms with van der Waals surface area (Å²) in [5.41, 5.74) is -0.891. The van der Waals surface area contributed by atoms with Gasteiger partial charge in [0.15, 0.2) is 18.3 Å². The average molecular weight is 463 g/mol. The number of rotatable bonds is 7. The molecule has 2 heterocycles. The van der Waals surface area contributed by atoms with Gasteiger partial charge in [0.2, 0.25) is 0 Å². The summed E-state index contributed by atoms with van der Waals surface area (Å²) >= 11 is 0. The molecule has 13 heteroatoms. The molecule has 2 aliphatic rings. The fraction of sp³-hybridized carbons (Fsp3) is 0.789. The maximum absolute atomic E-state index is 12.5. The Hall–Kier alpha value is -2.48. The van der Waals surface area contributed by atoms with Gasteiger partial charge in [-0.25, -0.2) is 9.59 Å². The van der Waals surface area contributed by atoms with E-state index in [-0.39, 0.29) is 0 Å². The molecule has 2 fully saturated rings. The first kappa shape index (κ1) is 25.8. The summed E-state index contributed by atoms with van der Waals surface area (Å²) in [6.07, 6.45) is -8.23. The molecule has 0 bridgehead atoms. The highest BCUT2D eigenvalue weighted by atomic mass is 16.8. The Kier molecular flexibility index (Phi) is 7.71. The van der Waals surface area contributed by atoms with E-state index in [1.807, 2.05) is 0 Å². The van der Waals surface area contributed by atoms with Gasteiger partial charge in [0, 0.05) is 13.8 Å². The minimum atomic E-state index is -2.03. The zero-order valence-electron chi connectivity index (χ0n) is 18.6. The average Bonchev–Trinajstić information content (AvgIpc) is 3.40. The van der Waals surface area contributed by atoms with Crippen LogP contribution in [0.4, 0.5) is 4.79 Å². The smallest absolute Gasteiger partial charge is 0.408 e. The summed E-state index contributed by atoms with van der Waals surface area (Å²) in [5.74, 6) is -4.62. The molecule has 0 radical (unpaired) electrons. The molecule has 0 aromatic heterocycles. The van der Waals surface area contributed by atoms with Gasteiger partial charge in [0.25, 0.3) is 0 Å². The molecule has 0 aromatic carbocycles. The second-order valence-corrected chi connectivity index (χ2v) is 8.35. The maximum atomic E-state index is 12.5. The lowest BCUT2D eigenvalue weighted by Crippen LogP contribution is -2.67. The van der Waals surface area contributed by atoms with Gasteiger partial charge >= 0.3 is 29.8 Å². The molecule has 182 valence electrons. The van der Waals surface area contributed by atoms with Crippen LogP contribution in [0.25, 0.3) is 0 Å². The SMILES string of the molecule is COC(=O)[C@@]12OC([C@H](OC(C)=O)[C@H](O)CO)[C@H](NC(=O)OC(C)(C)C)[C@@H](OC(C)=O)[C@@H]1O2. The van der Waals surface area contributed by atoms with Crippen molar-refractivity contribution < 1.29 is 57.8 Å². The first-order valence-corrected chi connectivity index (χ1v) is 9.82. The lowest BCUT2D eigenvalue weighted by atomic mass is 9.89. The second kappa shape index (κ2) is 9.57. The Bertz CT molecular complexity index is 749. The summed E-state index contributed by atoms with van der Waals surface area (Å²) in [5, 5.41) is 22.2.